The molecule has 1 N–H and O–H groups in total. The summed E-state index contributed by atoms with van der Waals surface area (Å²) in [5, 5.41) is 3.26. The number of piperidine rings is 1. The number of hydrogen-bond donors (Lipinski definition) is 1. The van der Waals surface area contributed by atoms with Crippen LogP contribution < -0.4 is 5.32 Å². The molecule has 1 aliphatic rings. The molecule has 0 atom stereocenters. The summed E-state index contributed by atoms with van der Waals surface area (Å²) in [6.45, 7) is 4.60. The van der Waals surface area contributed by atoms with E-state index in [2.05, 4.69) is 10.3 Å². The Morgan fingerprint density at radius 2 is 2.09 bits per heavy atom. The summed E-state index contributed by atoms with van der Waals surface area (Å²) in [6.07, 6.45) is -2.74. The third kappa shape index (κ3) is 4.49. The number of aromatic nitrogens is 1. The van der Waals surface area contributed by atoms with Crippen LogP contribution in [0, 0.1) is 0 Å². The van der Waals surface area contributed by atoms with Crippen molar-refractivity contribution in [2.75, 3.05) is 18.4 Å². The number of carbonyl (C=O) groups excluding carboxylic acids is 1. The lowest BCUT2D eigenvalue weighted by molar-refractivity contribution is -0.134. The van der Waals surface area contributed by atoms with Gasteiger partial charge in [-0.25, -0.2) is 9.78 Å². The van der Waals surface area contributed by atoms with Crippen molar-refractivity contribution in [3.8, 4) is 0 Å². The van der Waals surface area contributed by atoms with Crippen molar-refractivity contribution in [3.05, 3.63) is 11.1 Å². The van der Waals surface area contributed by atoms with Crippen LogP contribution in [0.5, 0.6) is 0 Å². The van der Waals surface area contributed by atoms with Crippen LogP contribution in [0.15, 0.2) is 6.20 Å². The van der Waals surface area contributed by atoms with E-state index in [-0.39, 0.29) is 23.4 Å². The second-order valence-corrected chi connectivity index (χ2v) is 6.40. The molecular formula is C13H18F3N3O2S. The van der Waals surface area contributed by atoms with E-state index in [0.29, 0.717) is 37.3 Å². The quantitative estimate of drug-likeness (QED) is 0.916. The Hall–Kier alpha value is -1.51. The van der Waals surface area contributed by atoms with Gasteiger partial charge in [0.15, 0.2) is 5.13 Å². The van der Waals surface area contributed by atoms with Crippen molar-refractivity contribution in [3.63, 3.8) is 0 Å². The molecule has 0 saturated carbocycles. The SMILES string of the molecule is CC(C)OC(=O)N1CCC(Nc2ncc(C(F)(F)F)s2)CC1. The molecule has 2 rings (SSSR count). The van der Waals surface area contributed by atoms with Crippen molar-refractivity contribution in [2.45, 2.75) is 45.0 Å². The molecule has 5 nitrogen and oxygen atoms in total. The number of alkyl halides is 3. The Morgan fingerprint density at radius 1 is 1.45 bits per heavy atom. The van der Waals surface area contributed by atoms with E-state index in [0.717, 1.165) is 6.20 Å². The van der Waals surface area contributed by atoms with Crippen LogP contribution in [-0.4, -0.2) is 41.2 Å². The first kappa shape index (κ1) is 16.9. The van der Waals surface area contributed by atoms with Gasteiger partial charge in [0.25, 0.3) is 0 Å². The Labute approximate surface area is 130 Å². The number of carbonyl (C=O) groups is 1. The summed E-state index contributed by atoms with van der Waals surface area (Å²) in [5.74, 6) is 0. The van der Waals surface area contributed by atoms with Gasteiger partial charge in [-0.2, -0.15) is 13.2 Å². The van der Waals surface area contributed by atoms with E-state index in [9.17, 15) is 18.0 Å². The van der Waals surface area contributed by atoms with Gasteiger partial charge in [0.1, 0.15) is 4.88 Å². The predicted octanol–water partition coefficient (Wildman–Crippen LogP) is 3.58. The third-order valence-corrected chi connectivity index (χ3v) is 4.18. The monoisotopic (exact) mass is 337 g/mol. The first-order valence-electron chi connectivity index (χ1n) is 7.01. The molecule has 0 aromatic carbocycles. The van der Waals surface area contributed by atoms with Crippen LogP contribution in [-0.2, 0) is 10.9 Å². The summed E-state index contributed by atoms with van der Waals surface area (Å²) < 4.78 is 42.6. The van der Waals surface area contributed by atoms with E-state index in [1.807, 2.05) is 0 Å². The van der Waals surface area contributed by atoms with Gasteiger partial charge in [0, 0.05) is 19.1 Å². The number of ether oxygens (including phenoxy) is 1. The first-order chi connectivity index (χ1) is 10.3. The minimum Gasteiger partial charge on any atom is -0.447 e. The highest BCUT2D eigenvalue weighted by Crippen LogP contribution is 2.35. The topological polar surface area (TPSA) is 54.5 Å². The zero-order chi connectivity index (χ0) is 16.3. The van der Waals surface area contributed by atoms with Crippen molar-refractivity contribution in [1.82, 2.24) is 9.88 Å². The summed E-state index contributed by atoms with van der Waals surface area (Å²) in [7, 11) is 0. The van der Waals surface area contributed by atoms with Crippen LogP contribution in [0.25, 0.3) is 0 Å². The Morgan fingerprint density at radius 3 is 2.59 bits per heavy atom. The summed E-state index contributed by atoms with van der Waals surface area (Å²) in [5.41, 5.74) is 0. The summed E-state index contributed by atoms with van der Waals surface area (Å²) in [6, 6.07) is 0.00957. The highest BCUT2D eigenvalue weighted by atomic mass is 32.1. The Bertz CT molecular complexity index is 511. The molecule has 0 aliphatic carbocycles. The van der Waals surface area contributed by atoms with E-state index in [1.165, 1.54) is 0 Å². The molecular weight excluding hydrogens is 319 g/mol. The molecule has 9 heteroatoms. The molecule has 22 heavy (non-hydrogen) atoms. The Balaban J connectivity index is 1.82. The molecule has 124 valence electrons. The second-order valence-electron chi connectivity index (χ2n) is 5.37. The van der Waals surface area contributed by atoms with E-state index in [4.69, 9.17) is 4.74 Å². The number of halogens is 3. The van der Waals surface area contributed by atoms with Gasteiger partial charge in [0.2, 0.25) is 0 Å². The average Bonchev–Trinajstić information content (AvgIpc) is 2.87. The van der Waals surface area contributed by atoms with Crippen LogP contribution in [0.4, 0.5) is 23.1 Å². The van der Waals surface area contributed by atoms with Crippen LogP contribution in [0.2, 0.25) is 0 Å². The number of likely N-dealkylation sites (tertiary alicyclic amines) is 1. The van der Waals surface area contributed by atoms with Gasteiger partial charge < -0.3 is 15.0 Å². The lowest BCUT2D eigenvalue weighted by atomic mass is 10.1. The van der Waals surface area contributed by atoms with Crippen LogP contribution >= 0.6 is 11.3 Å². The van der Waals surface area contributed by atoms with E-state index in [1.54, 1.807) is 18.7 Å². The summed E-state index contributed by atoms with van der Waals surface area (Å²) >= 11 is 0.597. The fourth-order valence-electron chi connectivity index (χ4n) is 2.13. The largest absolute Gasteiger partial charge is 0.447 e. The van der Waals surface area contributed by atoms with Gasteiger partial charge >= 0.3 is 12.3 Å². The molecule has 1 fully saturated rings. The number of amides is 1. The highest BCUT2D eigenvalue weighted by molar-refractivity contribution is 7.15. The lowest BCUT2D eigenvalue weighted by Crippen LogP contribution is -2.43. The molecule has 0 radical (unpaired) electrons. The fourth-order valence-corrected chi connectivity index (χ4v) is 2.89. The van der Waals surface area contributed by atoms with Gasteiger partial charge in [-0.3, -0.25) is 0 Å². The van der Waals surface area contributed by atoms with Gasteiger partial charge in [-0.05, 0) is 26.7 Å². The van der Waals surface area contributed by atoms with E-state index < -0.39 is 11.1 Å². The van der Waals surface area contributed by atoms with Crippen molar-refractivity contribution in [2.24, 2.45) is 0 Å². The standard InChI is InChI=1S/C13H18F3N3O2S/c1-8(2)21-12(20)19-5-3-9(4-6-19)18-11-17-7-10(22-11)13(14,15)16/h7-9H,3-6H2,1-2H3,(H,17,18). The van der Waals surface area contributed by atoms with Gasteiger partial charge in [-0.1, -0.05) is 11.3 Å². The third-order valence-electron chi connectivity index (χ3n) is 3.20. The average molecular weight is 337 g/mol. The second kappa shape index (κ2) is 6.72. The number of rotatable bonds is 3. The van der Waals surface area contributed by atoms with Crippen molar-refractivity contribution >= 4 is 22.6 Å². The number of nitrogens with zero attached hydrogens (tertiary/aromatic N) is 2. The summed E-state index contributed by atoms with van der Waals surface area (Å²) in [4.78, 5) is 16.4. The molecule has 2 heterocycles. The number of thiazole rings is 1. The van der Waals surface area contributed by atoms with Crippen LogP contribution in [0.1, 0.15) is 31.6 Å². The van der Waals surface area contributed by atoms with Crippen molar-refractivity contribution in [1.29, 1.82) is 0 Å². The smallest absolute Gasteiger partial charge is 0.427 e. The maximum atomic E-state index is 12.5. The molecule has 1 aromatic rings. The van der Waals surface area contributed by atoms with Gasteiger partial charge in [-0.15, -0.1) is 0 Å². The molecule has 0 bridgehead atoms. The zero-order valence-electron chi connectivity index (χ0n) is 12.3. The highest BCUT2D eigenvalue weighted by Gasteiger charge is 2.33. The fraction of sp³-hybridized carbons (Fsp3) is 0.692. The van der Waals surface area contributed by atoms with Crippen LogP contribution in [0.3, 0.4) is 0 Å². The number of hydrogen-bond acceptors (Lipinski definition) is 5. The van der Waals surface area contributed by atoms with E-state index >= 15 is 0 Å². The first-order valence-corrected chi connectivity index (χ1v) is 7.82. The zero-order valence-corrected chi connectivity index (χ0v) is 13.1. The minimum atomic E-state index is -4.36. The molecule has 0 unspecified atom stereocenters. The lowest BCUT2D eigenvalue weighted by Gasteiger charge is -2.32. The maximum absolute atomic E-state index is 12.5. The molecule has 1 saturated heterocycles. The molecule has 1 aromatic heterocycles. The van der Waals surface area contributed by atoms with Crippen molar-refractivity contribution < 1.29 is 22.7 Å². The number of nitrogens with one attached hydrogen (secondary N) is 1. The normalized spacial score (nSPS) is 16.9. The molecule has 1 amide bonds. The maximum Gasteiger partial charge on any atom is 0.427 e. The minimum absolute atomic E-state index is 0.00957. The molecule has 0 spiro atoms. The predicted molar refractivity (Wildman–Crippen MR) is 77.0 cm³/mol. The molecule has 1 aliphatic heterocycles. The Kier molecular flexibility index (Phi) is 5.15. The van der Waals surface area contributed by atoms with Gasteiger partial charge in [0.05, 0.1) is 12.3 Å². The number of anilines is 1.